The van der Waals surface area contributed by atoms with Crippen LogP contribution < -0.4 is 5.56 Å². The van der Waals surface area contributed by atoms with Crippen LogP contribution in [0.25, 0.3) is 22.3 Å². The Morgan fingerprint density at radius 2 is 2.06 bits per heavy atom. The number of ether oxygens (including phenoxy) is 2. The van der Waals surface area contributed by atoms with E-state index in [9.17, 15) is 19.1 Å². The van der Waals surface area contributed by atoms with Crippen molar-refractivity contribution in [2.24, 2.45) is 0 Å². The van der Waals surface area contributed by atoms with Gasteiger partial charge in [-0.3, -0.25) is 4.79 Å². The molecule has 3 aromatic rings. The number of hydrogen-bond donors (Lipinski definition) is 1. The molecule has 0 spiro atoms. The van der Waals surface area contributed by atoms with Crippen LogP contribution in [0.4, 0.5) is 4.39 Å². The SMILES string of the molecule is CC[C@@]1(O)C(=O)OCc2c1cc1n(c2=O)Cc2c-1nc1cc(F)c(C)cc1c2CCOC. The molecule has 7 nitrogen and oxygen atoms in total. The van der Waals surface area contributed by atoms with Crippen molar-refractivity contribution in [1.82, 2.24) is 9.55 Å². The zero-order valence-electron chi connectivity index (χ0n) is 18.1. The van der Waals surface area contributed by atoms with E-state index in [0.717, 1.165) is 16.5 Å². The molecule has 0 unspecified atom stereocenters. The molecule has 0 bridgehead atoms. The first-order valence-corrected chi connectivity index (χ1v) is 10.6. The number of rotatable bonds is 4. The largest absolute Gasteiger partial charge is 0.458 e. The van der Waals surface area contributed by atoms with E-state index in [0.29, 0.717) is 42.0 Å². The maximum absolute atomic E-state index is 14.4. The van der Waals surface area contributed by atoms with E-state index in [1.165, 1.54) is 6.07 Å². The molecule has 0 amide bonds. The molecule has 0 saturated carbocycles. The lowest BCUT2D eigenvalue weighted by Crippen LogP contribution is -2.44. The van der Waals surface area contributed by atoms with Crippen molar-refractivity contribution in [1.29, 1.82) is 0 Å². The van der Waals surface area contributed by atoms with Gasteiger partial charge < -0.3 is 19.1 Å². The second-order valence-electron chi connectivity index (χ2n) is 8.38. The van der Waals surface area contributed by atoms with E-state index < -0.39 is 11.6 Å². The average Bonchev–Trinajstić information content (AvgIpc) is 3.14. The second kappa shape index (κ2) is 7.21. The van der Waals surface area contributed by atoms with Crippen LogP contribution in [-0.2, 0) is 39.4 Å². The number of benzene rings is 1. The van der Waals surface area contributed by atoms with Gasteiger partial charge in [-0.05, 0) is 43.0 Å². The molecule has 8 heteroatoms. The van der Waals surface area contributed by atoms with Gasteiger partial charge in [0.1, 0.15) is 12.4 Å². The Balaban J connectivity index is 1.81. The van der Waals surface area contributed by atoms with Crippen LogP contribution in [0.1, 0.15) is 41.2 Å². The Labute approximate surface area is 183 Å². The second-order valence-corrected chi connectivity index (χ2v) is 8.38. The molecule has 166 valence electrons. The van der Waals surface area contributed by atoms with Crippen molar-refractivity contribution in [2.45, 2.75) is 45.4 Å². The maximum Gasteiger partial charge on any atom is 0.343 e. The molecule has 0 radical (unpaired) electrons. The van der Waals surface area contributed by atoms with Crippen LogP contribution in [0, 0.1) is 12.7 Å². The van der Waals surface area contributed by atoms with Gasteiger partial charge in [-0.2, -0.15) is 0 Å². The lowest BCUT2D eigenvalue weighted by atomic mass is 9.86. The Bertz CT molecular complexity index is 1360. The molecule has 0 saturated heterocycles. The molecule has 0 aliphatic carbocycles. The number of cyclic esters (lactones) is 1. The zero-order chi connectivity index (χ0) is 22.8. The van der Waals surface area contributed by atoms with Crippen LogP contribution in [0.5, 0.6) is 0 Å². The predicted molar refractivity (Wildman–Crippen MR) is 115 cm³/mol. The van der Waals surface area contributed by atoms with Gasteiger partial charge in [0.05, 0.1) is 35.6 Å². The fourth-order valence-corrected chi connectivity index (χ4v) is 4.78. The minimum absolute atomic E-state index is 0.0727. The summed E-state index contributed by atoms with van der Waals surface area (Å²) in [6.07, 6.45) is 0.648. The van der Waals surface area contributed by atoms with E-state index >= 15 is 0 Å². The standard InChI is InChI=1S/C24H23FN2O5/c1-4-24(30)17-8-20-21-15(10-27(20)22(28)16(17)11-32-23(24)29)13(5-6-31-3)14-7-12(2)18(25)9-19(14)26-21/h7-9,30H,4-6,10-11H2,1-3H3/t24-/m0/s1. The number of aliphatic hydroxyl groups is 1. The number of esters is 1. The predicted octanol–water partition coefficient (Wildman–Crippen LogP) is 2.72. The van der Waals surface area contributed by atoms with Gasteiger partial charge in [0.25, 0.3) is 5.56 Å². The Morgan fingerprint density at radius 3 is 2.78 bits per heavy atom. The lowest BCUT2D eigenvalue weighted by molar-refractivity contribution is -0.172. The van der Waals surface area contributed by atoms with Crippen molar-refractivity contribution in [3.8, 4) is 11.4 Å². The van der Waals surface area contributed by atoms with Crippen LogP contribution >= 0.6 is 0 Å². The third kappa shape index (κ3) is 2.76. The number of carbonyl (C=O) groups is 1. The van der Waals surface area contributed by atoms with Crippen LogP contribution in [0.3, 0.4) is 0 Å². The highest BCUT2D eigenvalue weighted by atomic mass is 19.1. The van der Waals surface area contributed by atoms with Gasteiger partial charge >= 0.3 is 5.97 Å². The van der Waals surface area contributed by atoms with E-state index in [1.54, 1.807) is 37.7 Å². The van der Waals surface area contributed by atoms with E-state index in [4.69, 9.17) is 14.5 Å². The maximum atomic E-state index is 14.4. The number of pyridine rings is 2. The highest BCUT2D eigenvalue weighted by Gasteiger charge is 2.45. The Hall–Kier alpha value is -3.10. The molecule has 5 rings (SSSR count). The summed E-state index contributed by atoms with van der Waals surface area (Å²) in [6.45, 7) is 3.95. The first-order valence-electron chi connectivity index (χ1n) is 10.6. The molecule has 1 N–H and O–H groups in total. The number of halogens is 1. The lowest BCUT2D eigenvalue weighted by Gasteiger charge is -2.31. The minimum atomic E-state index is -1.88. The number of carbonyl (C=O) groups excluding carboxylic acids is 1. The van der Waals surface area contributed by atoms with Crippen LogP contribution in [0.2, 0.25) is 0 Å². The molecule has 0 fully saturated rings. The molecule has 2 aliphatic rings. The van der Waals surface area contributed by atoms with Crippen molar-refractivity contribution in [3.05, 3.63) is 62.2 Å². The molecule has 4 heterocycles. The smallest absolute Gasteiger partial charge is 0.343 e. The van der Waals surface area contributed by atoms with E-state index in [2.05, 4.69) is 0 Å². The molecule has 1 aromatic carbocycles. The van der Waals surface area contributed by atoms with Crippen LogP contribution in [0.15, 0.2) is 23.0 Å². The minimum Gasteiger partial charge on any atom is -0.458 e. The summed E-state index contributed by atoms with van der Waals surface area (Å²) in [5, 5.41) is 11.8. The highest BCUT2D eigenvalue weighted by Crippen LogP contribution is 2.40. The number of aryl methyl sites for hydroxylation is 1. The molecular formula is C24H23FN2O5. The van der Waals surface area contributed by atoms with Gasteiger partial charge in [-0.15, -0.1) is 0 Å². The summed E-state index contributed by atoms with van der Waals surface area (Å²) in [4.78, 5) is 30.4. The van der Waals surface area contributed by atoms with Gasteiger partial charge in [0.15, 0.2) is 5.60 Å². The summed E-state index contributed by atoms with van der Waals surface area (Å²) in [7, 11) is 1.62. The molecule has 2 aromatic heterocycles. The molecule has 1 atom stereocenters. The highest BCUT2D eigenvalue weighted by molar-refractivity contribution is 5.89. The number of methoxy groups -OCH3 is 1. The number of fused-ring (bicyclic) bond motifs is 5. The van der Waals surface area contributed by atoms with Crippen molar-refractivity contribution in [2.75, 3.05) is 13.7 Å². The summed E-state index contributed by atoms with van der Waals surface area (Å²) in [6, 6.07) is 4.85. The third-order valence-electron chi connectivity index (χ3n) is 6.64. The van der Waals surface area contributed by atoms with E-state index in [-0.39, 0.29) is 35.5 Å². The van der Waals surface area contributed by atoms with Gasteiger partial charge in [0, 0.05) is 29.7 Å². The fourth-order valence-electron chi connectivity index (χ4n) is 4.78. The number of nitrogens with zero attached hydrogens (tertiary/aromatic N) is 2. The molecule has 2 aliphatic heterocycles. The van der Waals surface area contributed by atoms with Gasteiger partial charge in [-0.1, -0.05) is 6.92 Å². The summed E-state index contributed by atoms with van der Waals surface area (Å²) in [5.74, 6) is -1.12. The summed E-state index contributed by atoms with van der Waals surface area (Å²) < 4.78 is 26.4. The quantitative estimate of drug-likeness (QED) is 0.493. The number of hydrogen-bond acceptors (Lipinski definition) is 6. The first kappa shape index (κ1) is 20.8. The first-order chi connectivity index (χ1) is 15.3. The summed E-state index contributed by atoms with van der Waals surface area (Å²) >= 11 is 0. The normalized spacial score (nSPS) is 19.0. The van der Waals surface area contributed by atoms with Crippen molar-refractivity contribution in [3.63, 3.8) is 0 Å². The van der Waals surface area contributed by atoms with Gasteiger partial charge in [0.2, 0.25) is 0 Å². The number of aromatic nitrogens is 2. The Morgan fingerprint density at radius 1 is 1.28 bits per heavy atom. The topological polar surface area (TPSA) is 90.7 Å². The fraction of sp³-hybridized carbons (Fsp3) is 0.375. The van der Waals surface area contributed by atoms with Crippen molar-refractivity contribution < 1.29 is 23.8 Å². The Kier molecular flexibility index (Phi) is 4.69. The third-order valence-corrected chi connectivity index (χ3v) is 6.64. The molecular weight excluding hydrogens is 415 g/mol. The monoisotopic (exact) mass is 438 g/mol. The van der Waals surface area contributed by atoms with Gasteiger partial charge in [-0.25, -0.2) is 14.2 Å². The van der Waals surface area contributed by atoms with Crippen LogP contribution in [-0.4, -0.2) is 34.3 Å². The zero-order valence-corrected chi connectivity index (χ0v) is 18.1. The van der Waals surface area contributed by atoms with Crippen molar-refractivity contribution >= 4 is 16.9 Å². The summed E-state index contributed by atoms with van der Waals surface area (Å²) in [5.41, 5.74) is 2.22. The van der Waals surface area contributed by atoms with E-state index in [1.807, 2.05) is 0 Å². The molecule has 32 heavy (non-hydrogen) atoms. The average molecular weight is 438 g/mol.